The minimum atomic E-state index is -0.428. The predicted octanol–water partition coefficient (Wildman–Crippen LogP) is 4.18. The summed E-state index contributed by atoms with van der Waals surface area (Å²) in [7, 11) is 0. The van der Waals surface area contributed by atoms with Crippen LogP contribution in [-0.2, 0) is 12.8 Å². The predicted molar refractivity (Wildman–Crippen MR) is 74.6 cm³/mol. The normalized spacial score (nSPS) is 29.5. The summed E-state index contributed by atoms with van der Waals surface area (Å²) in [6, 6.07) is 4.43. The second kappa shape index (κ2) is 5.53. The van der Waals surface area contributed by atoms with Crippen LogP contribution >= 0.6 is 11.3 Å². The molecule has 1 nitrogen and oxygen atoms in total. The van der Waals surface area contributed by atoms with Crippen LogP contribution in [0.2, 0.25) is 0 Å². The molecule has 2 atom stereocenters. The van der Waals surface area contributed by atoms with Gasteiger partial charge in [-0.1, -0.05) is 33.1 Å². The molecule has 1 heterocycles. The highest BCUT2D eigenvalue weighted by Crippen LogP contribution is 2.39. The minimum Gasteiger partial charge on any atom is -0.389 e. The molecule has 0 radical (unpaired) electrons. The summed E-state index contributed by atoms with van der Waals surface area (Å²) in [6.45, 7) is 4.41. The zero-order valence-corrected chi connectivity index (χ0v) is 11.9. The molecule has 2 unspecified atom stereocenters. The summed E-state index contributed by atoms with van der Waals surface area (Å²) < 4.78 is 0. The summed E-state index contributed by atoms with van der Waals surface area (Å²) in [5.41, 5.74) is -0.428. The molecule has 0 saturated heterocycles. The lowest BCUT2D eigenvalue weighted by Gasteiger charge is -2.39. The van der Waals surface area contributed by atoms with Crippen molar-refractivity contribution in [1.29, 1.82) is 0 Å². The smallest absolute Gasteiger partial charge is 0.0723 e. The van der Waals surface area contributed by atoms with E-state index in [1.54, 1.807) is 0 Å². The number of aliphatic hydroxyl groups is 1. The Morgan fingerprint density at radius 2 is 2.06 bits per heavy atom. The lowest BCUT2D eigenvalue weighted by atomic mass is 9.72. The Kier molecular flexibility index (Phi) is 4.26. The standard InChI is InChI=1S/C15H24OS/c1-3-12-7-5-6-10-15(12,16)11-14-9-8-13(4-2)17-14/h8-9,12,16H,3-7,10-11H2,1-2H3. The van der Waals surface area contributed by atoms with Gasteiger partial charge in [-0.2, -0.15) is 0 Å². The maximum absolute atomic E-state index is 10.9. The van der Waals surface area contributed by atoms with Gasteiger partial charge in [-0.3, -0.25) is 0 Å². The van der Waals surface area contributed by atoms with Gasteiger partial charge in [-0.25, -0.2) is 0 Å². The van der Waals surface area contributed by atoms with Crippen LogP contribution in [-0.4, -0.2) is 10.7 Å². The zero-order valence-electron chi connectivity index (χ0n) is 11.0. The Morgan fingerprint density at radius 3 is 2.71 bits per heavy atom. The van der Waals surface area contributed by atoms with Crippen molar-refractivity contribution in [3.8, 4) is 0 Å². The third-order valence-electron chi connectivity index (χ3n) is 4.21. The van der Waals surface area contributed by atoms with Crippen LogP contribution in [0.5, 0.6) is 0 Å². The fourth-order valence-corrected chi connectivity index (χ4v) is 4.20. The molecule has 0 aromatic carbocycles. The van der Waals surface area contributed by atoms with Gasteiger partial charge in [-0.15, -0.1) is 11.3 Å². The van der Waals surface area contributed by atoms with E-state index in [2.05, 4.69) is 26.0 Å². The van der Waals surface area contributed by atoms with Crippen molar-refractivity contribution in [2.45, 2.75) is 64.4 Å². The van der Waals surface area contributed by atoms with Gasteiger partial charge in [0.25, 0.3) is 0 Å². The number of thiophene rings is 1. The van der Waals surface area contributed by atoms with E-state index in [1.807, 2.05) is 11.3 Å². The molecule has 1 fully saturated rings. The highest BCUT2D eigenvalue weighted by atomic mass is 32.1. The summed E-state index contributed by atoms with van der Waals surface area (Å²) in [4.78, 5) is 2.80. The second-order valence-electron chi connectivity index (χ2n) is 5.35. The lowest BCUT2D eigenvalue weighted by Crippen LogP contribution is -2.42. The van der Waals surface area contributed by atoms with Crippen LogP contribution in [0.3, 0.4) is 0 Å². The third kappa shape index (κ3) is 2.92. The molecule has 1 aromatic rings. The summed E-state index contributed by atoms with van der Waals surface area (Å²) >= 11 is 1.88. The van der Waals surface area contributed by atoms with Gasteiger partial charge in [0.2, 0.25) is 0 Å². The molecule has 1 aliphatic rings. The number of rotatable bonds is 4. The SMILES string of the molecule is CCc1ccc(CC2(O)CCCCC2CC)s1. The first-order valence-electron chi connectivity index (χ1n) is 6.98. The van der Waals surface area contributed by atoms with E-state index in [0.29, 0.717) is 5.92 Å². The Morgan fingerprint density at radius 1 is 1.29 bits per heavy atom. The van der Waals surface area contributed by atoms with Crippen molar-refractivity contribution in [1.82, 2.24) is 0 Å². The summed E-state index contributed by atoms with van der Waals surface area (Å²) in [6.07, 6.45) is 7.79. The molecule has 96 valence electrons. The monoisotopic (exact) mass is 252 g/mol. The fourth-order valence-electron chi connectivity index (χ4n) is 3.12. The van der Waals surface area contributed by atoms with Gasteiger partial charge in [0, 0.05) is 16.2 Å². The van der Waals surface area contributed by atoms with Crippen LogP contribution in [0.1, 0.15) is 55.7 Å². The topological polar surface area (TPSA) is 20.2 Å². The molecular formula is C15H24OS. The van der Waals surface area contributed by atoms with Gasteiger partial charge in [-0.05, 0) is 37.3 Å². The first-order chi connectivity index (χ1) is 8.18. The Hall–Kier alpha value is -0.340. The molecule has 2 heteroatoms. The van der Waals surface area contributed by atoms with Gasteiger partial charge >= 0.3 is 0 Å². The quantitative estimate of drug-likeness (QED) is 0.852. The van der Waals surface area contributed by atoms with E-state index in [4.69, 9.17) is 0 Å². The van der Waals surface area contributed by atoms with Gasteiger partial charge < -0.3 is 5.11 Å². The van der Waals surface area contributed by atoms with E-state index in [0.717, 1.165) is 25.7 Å². The number of aryl methyl sites for hydroxylation is 1. The average molecular weight is 252 g/mol. The van der Waals surface area contributed by atoms with Crippen LogP contribution in [0.4, 0.5) is 0 Å². The number of hydrogen-bond acceptors (Lipinski definition) is 2. The highest BCUT2D eigenvalue weighted by Gasteiger charge is 2.37. The first-order valence-corrected chi connectivity index (χ1v) is 7.79. The maximum atomic E-state index is 10.9. The Balaban J connectivity index is 2.08. The lowest BCUT2D eigenvalue weighted by molar-refractivity contribution is -0.0485. The van der Waals surface area contributed by atoms with Gasteiger partial charge in [0.1, 0.15) is 0 Å². The number of hydrogen-bond donors (Lipinski definition) is 1. The van der Waals surface area contributed by atoms with Crippen molar-refractivity contribution in [3.63, 3.8) is 0 Å². The first kappa shape index (κ1) is 13.1. The maximum Gasteiger partial charge on any atom is 0.0723 e. The van der Waals surface area contributed by atoms with Gasteiger partial charge in [0.05, 0.1) is 5.60 Å². The largest absolute Gasteiger partial charge is 0.389 e. The molecule has 0 amide bonds. The van der Waals surface area contributed by atoms with Crippen LogP contribution in [0.25, 0.3) is 0 Å². The van der Waals surface area contributed by atoms with Crippen LogP contribution in [0.15, 0.2) is 12.1 Å². The molecule has 0 bridgehead atoms. The third-order valence-corrected chi connectivity index (χ3v) is 5.44. The second-order valence-corrected chi connectivity index (χ2v) is 6.61. The van der Waals surface area contributed by atoms with Crippen molar-refractivity contribution in [2.24, 2.45) is 5.92 Å². The van der Waals surface area contributed by atoms with E-state index in [9.17, 15) is 5.11 Å². The highest BCUT2D eigenvalue weighted by molar-refractivity contribution is 7.12. The average Bonchev–Trinajstić information content (AvgIpc) is 2.76. The molecule has 2 rings (SSSR count). The fraction of sp³-hybridized carbons (Fsp3) is 0.733. The van der Waals surface area contributed by atoms with Gasteiger partial charge in [0.15, 0.2) is 0 Å². The molecule has 1 saturated carbocycles. The summed E-state index contributed by atoms with van der Waals surface area (Å²) in [5, 5.41) is 10.9. The molecule has 17 heavy (non-hydrogen) atoms. The van der Waals surface area contributed by atoms with Crippen molar-refractivity contribution >= 4 is 11.3 Å². The molecular weight excluding hydrogens is 228 g/mol. The van der Waals surface area contributed by atoms with E-state index in [1.165, 1.54) is 29.0 Å². The Labute approximate surface area is 109 Å². The molecule has 1 N–H and O–H groups in total. The van der Waals surface area contributed by atoms with Crippen LogP contribution in [0, 0.1) is 5.92 Å². The Bertz CT molecular complexity index is 358. The summed E-state index contributed by atoms with van der Waals surface area (Å²) in [5.74, 6) is 0.503. The van der Waals surface area contributed by atoms with E-state index < -0.39 is 5.60 Å². The molecule has 0 aliphatic heterocycles. The van der Waals surface area contributed by atoms with Crippen molar-refractivity contribution in [2.75, 3.05) is 0 Å². The molecule has 0 spiro atoms. The molecule has 1 aliphatic carbocycles. The zero-order chi connectivity index (χ0) is 12.3. The molecule has 1 aromatic heterocycles. The van der Waals surface area contributed by atoms with Crippen LogP contribution < -0.4 is 0 Å². The minimum absolute atomic E-state index is 0.428. The van der Waals surface area contributed by atoms with Crippen molar-refractivity contribution in [3.05, 3.63) is 21.9 Å². The van der Waals surface area contributed by atoms with E-state index >= 15 is 0 Å². The van der Waals surface area contributed by atoms with Crippen molar-refractivity contribution < 1.29 is 5.11 Å². The van der Waals surface area contributed by atoms with E-state index in [-0.39, 0.29) is 0 Å².